The van der Waals surface area contributed by atoms with Crippen molar-refractivity contribution in [3.05, 3.63) is 65.1 Å². The lowest BCUT2D eigenvalue weighted by atomic mass is 9.79. The van der Waals surface area contributed by atoms with Gasteiger partial charge in [0.2, 0.25) is 5.91 Å². The summed E-state index contributed by atoms with van der Waals surface area (Å²) in [5.41, 5.74) is 2.93. The Bertz CT molecular complexity index is 1810. The number of amides is 1. The fraction of sp³-hybridized carbons (Fsp3) is 0.486. The number of ether oxygens (including phenoxy) is 1. The second-order valence-corrected chi connectivity index (χ2v) is 14.0. The molecule has 2 bridgehead atoms. The van der Waals surface area contributed by atoms with Gasteiger partial charge in [-0.3, -0.25) is 9.69 Å². The van der Waals surface area contributed by atoms with E-state index in [0.717, 1.165) is 67.8 Å². The first-order valence-corrected chi connectivity index (χ1v) is 16.9. The summed E-state index contributed by atoms with van der Waals surface area (Å²) in [5, 5.41) is 22.9. The number of phenolic OH excluding ortho intramolecular Hbond substituents is 1. The van der Waals surface area contributed by atoms with Gasteiger partial charge >= 0.3 is 6.01 Å². The minimum atomic E-state index is -0.619. The first kappa shape index (κ1) is 30.2. The number of rotatable bonds is 6. The van der Waals surface area contributed by atoms with E-state index < -0.39 is 11.9 Å². The summed E-state index contributed by atoms with van der Waals surface area (Å²) < 4.78 is 21.4. The Morgan fingerprint density at radius 2 is 2.02 bits per heavy atom. The van der Waals surface area contributed by atoms with Crippen LogP contribution < -0.4 is 9.64 Å². The highest BCUT2D eigenvalue weighted by Crippen LogP contribution is 2.44. The Labute approximate surface area is 274 Å². The van der Waals surface area contributed by atoms with E-state index in [-0.39, 0.29) is 40.8 Å². The summed E-state index contributed by atoms with van der Waals surface area (Å²) in [7, 11) is 0. The molecule has 4 atom stereocenters. The zero-order valence-electron chi connectivity index (χ0n) is 26.5. The van der Waals surface area contributed by atoms with Crippen molar-refractivity contribution in [3.8, 4) is 24.1 Å². The number of carbonyl (C=O) groups excluding carboxylic acids is 1. The molecule has 244 valence electrons. The Balaban J connectivity index is 1.17. The zero-order valence-corrected chi connectivity index (χ0v) is 26.5. The second-order valence-electron chi connectivity index (χ2n) is 14.0. The Morgan fingerprint density at radius 1 is 1.21 bits per heavy atom. The van der Waals surface area contributed by atoms with Crippen molar-refractivity contribution >= 4 is 22.5 Å². The van der Waals surface area contributed by atoms with E-state index in [1.807, 2.05) is 0 Å². The molecule has 5 aliphatic rings. The van der Waals surface area contributed by atoms with Crippen LogP contribution in [0.4, 0.5) is 10.2 Å². The lowest BCUT2D eigenvalue weighted by Gasteiger charge is -2.42. The van der Waals surface area contributed by atoms with Gasteiger partial charge in [0.15, 0.2) is 0 Å². The Hall–Kier alpha value is -4.20. The van der Waals surface area contributed by atoms with Gasteiger partial charge in [0.05, 0.1) is 35.0 Å². The number of piperazine rings is 1. The summed E-state index contributed by atoms with van der Waals surface area (Å²) in [5.74, 6) is 2.76. The van der Waals surface area contributed by atoms with Gasteiger partial charge < -0.3 is 24.7 Å². The van der Waals surface area contributed by atoms with Crippen molar-refractivity contribution in [2.75, 3.05) is 37.7 Å². The molecule has 1 amide bonds. The highest BCUT2D eigenvalue weighted by atomic mass is 19.1. The second kappa shape index (κ2) is 11.5. The first-order valence-electron chi connectivity index (χ1n) is 16.9. The largest absolute Gasteiger partial charge is 0.508 e. The summed E-state index contributed by atoms with van der Waals surface area (Å²) >= 11 is 0. The highest BCUT2D eigenvalue weighted by molar-refractivity contribution is 5.93. The predicted molar refractivity (Wildman–Crippen MR) is 176 cm³/mol. The molecule has 2 N–H and O–H groups in total. The van der Waals surface area contributed by atoms with E-state index in [2.05, 4.69) is 22.3 Å². The van der Waals surface area contributed by atoms with E-state index in [9.17, 15) is 19.4 Å². The number of aliphatic hydroxyl groups is 1. The maximum absolute atomic E-state index is 14.9. The van der Waals surface area contributed by atoms with Crippen LogP contribution >= 0.6 is 0 Å². The molecule has 3 aromatic rings. The quantitative estimate of drug-likeness (QED) is 0.308. The van der Waals surface area contributed by atoms with Gasteiger partial charge in [-0.1, -0.05) is 18.6 Å². The van der Waals surface area contributed by atoms with Crippen molar-refractivity contribution in [1.29, 1.82) is 0 Å². The molecule has 1 aliphatic carbocycles. The predicted octanol–water partition coefficient (Wildman–Crippen LogP) is 4.07. The standard InChI is InChI=1S/C37H40FN5O4/c1-3-26-29(38)10-8-23-15-25(44)18-28(34(23)26)22-7-9-27-30(16-22)39-36(47-21-37-11-5-13-42(37)14-6-12-37)40-35(27)41-19-24-17-32(45)31(20-41)43(24)33(46)4-2/h1,4,8,10,15,18,22,24,31-32,44-45H,2,5-7,9,11-14,16-17,19-21H2/t22-,24+,31+,32+/m1/s1. The summed E-state index contributed by atoms with van der Waals surface area (Å²) in [6.45, 7) is 7.39. The van der Waals surface area contributed by atoms with Crippen molar-refractivity contribution in [2.24, 2.45) is 0 Å². The Morgan fingerprint density at radius 3 is 2.77 bits per heavy atom. The third-order valence-electron chi connectivity index (χ3n) is 11.5. The molecule has 10 heteroatoms. The van der Waals surface area contributed by atoms with E-state index in [1.165, 1.54) is 12.1 Å². The number of hydrogen-bond donors (Lipinski definition) is 2. The molecule has 0 radical (unpaired) electrons. The molecule has 1 aromatic heterocycles. The van der Waals surface area contributed by atoms with Crippen LogP contribution in [0, 0.1) is 18.2 Å². The van der Waals surface area contributed by atoms with E-state index in [4.69, 9.17) is 21.1 Å². The monoisotopic (exact) mass is 637 g/mol. The summed E-state index contributed by atoms with van der Waals surface area (Å²) in [6.07, 6.45) is 13.5. The topological polar surface area (TPSA) is 102 Å². The van der Waals surface area contributed by atoms with Gasteiger partial charge in [-0.15, -0.1) is 6.42 Å². The number of nitrogens with zero attached hydrogens (tertiary/aromatic N) is 5. The molecule has 4 fully saturated rings. The molecule has 5 heterocycles. The SMILES string of the molecule is C#Cc1c(F)ccc2cc(O)cc([C@@H]3CCc4c(nc(OCC56CCCN5CCC6)nc4N4C[C@@H]5C[C@H](O)[C@H](C4)N5C(=O)C=C)C3)c12. The highest BCUT2D eigenvalue weighted by Gasteiger charge is 2.49. The van der Waals surface area contributed by atoms with Crippen LogP contribution in [0.1, 0.15) is 66.8 Å². The third kappa shape index (κ3) is 4.94. The van der Waals surface area contributed by atoms with Crippen LogP contribution in [0.3, 0.4) is 0 Å². The van der Waals surface area contributed by atoms with Gasteiger partial charge in [-0.25, -0.2) is 4.39 Å². The van der Waals surface area contributed by atoms with Crippen LogP contribution in [-0.4, -0.2) is 92.4 Å². The normalized spacial score (nSPS) is 26.2. The average molecular weight is 638 g/mol. The van der Waals surface area contributed by atoms with Crippen molar-refractivity contribution in [1.82, 2.24) is 19.8 Å². The van der Waals surface area contributed by atoms with E-state index >= 15 is 0 Å². The number of phenols is 1. The van der Waals surface area contributed by atoms with E-state index in [0.29, 0.717) is 55.7 Å². The molecule has 0 spiro atoms. The average Bonchev–Trinajstić information content (AvgIpc) is 3.71. The maximum Gasteiger partial charge on any atom is 0.318 e. The number of benzene rings is 2. The molecule has 4 aliphatic heterocycles. The van der Waals surface area contributed by atoms with Crippen LogP contribution in [0.5, 0.6) is 11.8 Å². The number of aromatic hydroxyl groups is 1. The van der Waals surface area contributed by atoms with Gasteiger partial charge in [-0.05, 0) is 106 Å². The van der Waals surface area contributed by atoms with Gasteiger partial charge in [0.25, 0.3) is 0 Å². The van der Waals surface area contributed by atoms with Gasteiger partial charge in [0, 0.05) is 24.0 Å². The Kier molecular flexibility index (Phi) is 7.38. The van der Waals surface area contributed by atoms with Gasteiger partial charge in [0.1, 0.15) is 24.0 Å². The summed E-state index contributed by atoms with van der Waals surface area (Å²) in [6, 6.07) is 6.16. The number of hydrogen-bond acceptors (Lipinski definition) is 8. The van der Waals surface area contributed by atoms with Crippen LogP contribution in [0.2, 0.25) is 0 Å². The fourth-order valence-corrected chi connectivity index (χ4v) is 9.30. The molecule has 47 heavy (non-hydrogen) atoms. The van der Waals surface area contributed by atoms with Crippen molar-refractivity contribution in [3.63, 3.8) is 0 Å². The molecular weight excluding hydrogens is 597 g/mol. The fourth-order valence-electron chi connectivity index (χ4n) is 9.30. The number of fused-ring (bicyclic) bond motifs is 5. The molecular formula is C37H40FN5O4. The van der Waals surface area contributed by atoms with Gasteiger partial charge in [-0.2, -0.15) is 9.97 Å². The van der Waals surface area contributed by atoms with Crippen LogP contribution in [0.25, 0.3) is 10.8 Å². The number of aromatic nitrogens is 2. The smallest absolute Gasteiger partial charge is 0.318 e. The molecule has 4 saturated heterocycles. The molecule has 9 nitrogen and oxygen atoms in total. The number of aliphatic hydroxyl groups excluding tert-OH is 1. The number of halogens is 1. The lowest BCUT2D eigenvalue weighted by molar-refractivity contribution is -0.130. The molecule has 8 rings (SSSR count). The number of terminal acetylenes is 1. The number of anilines is 1. The minimum absolute atomic E-state index is 0.0258. The van der Waals surface area contributed by atoms with Crippen molar-refractivity contribution in [2.45, 2.75) is 81.0 Å². The minimum Gasteiger partial charge on any atom is -0.508 e. The number of carbonyl (C=O) groups is 1. The molecule has 0 unspecified atom stereocenters. The first-order chi connectivity index (χ1) is 22.8. The maximum atomic E-state index is 14.9. The van der Waals surface area contributed by atoms with Crippen LogP contribution in [0.15, 0.2) is 36.9 Å². The third-order valence-corrected chi connectivity index (χ3v) is 11.5. The zero-order chi connectivity index (χ0) is 32.4. The summed E-state index contributed by atoms with van der Waals surface area (Å²) in [4.78, 5) is 29.3. The molecule has 2 aromatic carbocycles. The lowest BCUT2D eigenvalue weighted by Crippen LogP contribution is -2.57. The van der Waals surface area contributed by atoms with E-state index in [1.54, 1.807) is 23.1 Å². The van der Waals surface area contributed by atoms with Crippen LogP contribution in [-0.2, 0) is 17.6 Å². The van der Waals surface area contributed by atoms with Crippen molar-refractivity contribution < 1.29 is 24.1 Å². The molecule has 0 saturated carbocycles.